The van der Waals surface area contributed by atoms with Crippen molar-refractivity contribution in [2.75, 3.05) is 0 Å². The van der Waals surface area contributed by atoms with E-state index in [2.05, 4.69) is 111 Å². The molecule has 0 saturated carbocycles. The van der Waals surface area contributed by atoms with E-state index in [0.29, 0.717) is 17.9 Å². The van der Waals surface area contributed by atoms with Gasteiger partial charge in [0.25, 0.3) is 6.20 Å². The van der Waals surface area contributed by atoms with Crippen molar-refractivity contribution < 1.29 is 9.36 Å². The Kier molecular flexibility index (Phi) is 5.26. The van der Waals surface area contributed by atoms with E-state index in [1.54, 1.807) is 0 Å². The molecule has 0 fully saturated rings. The Morgan fingerprint density at radius 1 is 0.731 bits per heavy atom. The fourth-order valence-corrected chi connectivity index (χ4v) is 3.50. The quantitative estimate of drug-likeness (QED) is 0.622. The minimum Gasteiger partial charge on any atom is -0.0622 e. The van der Waals surface area contributed by atoms with Gasteiger partial charge in [-0.05, 0) is 28.7 Å². The van der Waals surface area contributed by atoms with E-state index < -0.39 is 0 Å². The molecule has 136 valence electrons. The van der Waals surface area contributed by atoms with Crippen molar-refractivity contribution >= 4 is 0 Å². The van der Waals surface area contributed by atoms with Crippen molar-refractivity contribution in [3.05, 3.63) is 65.9 Å². The number of aromatic nitrogens is 3. The second-order valence-corrected chi connectivity index (χ2v) is 7.91. The van der Waals surface area contributed by atoms with Crippen LogP contribution in [-0.4, -0.2) is 5.21 Å². The molecule has 0 unspecified atom stereocenters. The van der Waals surface area contributed by atoms with Gasteiger partial charge in [-0.3, -0.25) is 0 Å². The van der Waals surface area contributed by atoms with Crippen LogP contribution in [0.5, 0.6) is 0 Å². The maximum Gasteiger partial charge on any atom is 0.308 e. The summed E-state index contributed by atoms with van der Waals surface area (Å²) < 4.78 is 4.46. The number of nitrogens with one attached hydrogen (secondary N) is 1. The molecule has 0 saturated heterocycles. The summed E-state index contributed by atoms with van der Waals surface area (Å²) in [4.78, 5) is 0. The van der Waals surface area contributed by atoms with Gasteiger partial charge in [-0.25, -0.2) is 0 Å². The highest BCUT2D eigenvalue weighted by Gasteiger charge is 2.31. The summed E-state index contributed by atoms with van der Waals surface area (Å²) in [5.74, 6) is 0.930. The maximum atomic E-state index is 3.62. The number of hydrogen-bond donors (Lipinski definition) is 1. The molecule has 0 aliphatic carbocycles. The van der Waals surface area contributed by atoms with Crippen molar-refractivity contribution in [3.8, 4) is 16.9 Å². The predicted octanol–water partition coefficient (Wildman–Crippen LogP) is 5.07. The molecule has 0 amide bonds. The largest absolute Gasteiger partial charge is 0.308 e. The fraction of sp³-hybridized carbons (Fsp3) is 0.391. The maximum absolute atomic E-state index is 3.62. The zero-order valence-electron chi connectivity index (χ0n) is 16.8. The molecule has 2 aromatic carbocycles. The number of rotatable bonds is 5. The zero-order valence-corrected chi connectivity index (χ0v) is 16.8. The molecule has 0 aliphatic rings. The van der Waals surface area contributed by atoms with Crippen LogP contribution in [0.1, 0.15) is 70.5 Å². The van der Waals surface area contributed by atoms with Gasteiger partial charge in [-0.2, -0.15) is 0 Å². The average Bonchev–Trinajstić information content (AvgIpc) is 3.07. The third-order valence-electron chi connectivity index (χ3n) is 4.90. The minimum atomic E-state index is 0.347. The lowest BCUT2D eigenvalue weighted by atomic mass is 9.93. The topological polar surface area (TPSA) is 23.5 Å². The predicted molar refractivity (Wildman–Crippen MR) is 107 cm³/mol. The molecular formula is C23H31N3+2. The number of nitrogens with zero attached hydrogens (tertiary/aromatic N) is 2. The molecular weight excluding hydrogens is 318 g/mol. The molecule has 0 bridgehead atoms. The highest BCUT2D eigenvalue weighted by molar-refractivity contribution is 5.54. The van der Waals surface area contributed by atoms with E-state index in [9.17, 15) is 0 Å². The molecule has 3 nitrogen and oxygen atoms in total. The molecule has 26 heavy (non-hydrogen) atoms. The second-order valence-electron chi connectivity index (χ2n) is 7.91. The second kappa shape index (κ2) is 7.45. The van der Waals surface area contributed by atoms with E-state index in [0.717, 1.165) is 0 Å². The van der Waals surface area contributed by atoms with Gasteiger partial charge in [0.1, 0.15) is 0 Å². The molecule has 1 N–H and O–H groups in total. The van der Waals surface area contributed by atoms with Crippen LogP contribution in [0.15, 0.2) is 54.7 Å². The fourth-order valence-electron chi connectivity index (χ4n) is 3.50. The van der Waals surface area contributed by atoms with Crippen LogP contribution < -0.4 is 9.36 Å². The van der Waals surface area contributed by atoms with Gasteiger partial charge >= 0.3 is 5.69 Å². The normalized spacial score (nSPS) is 11.7. The molecule has 0 spiro atoms. The van der Waals surface area contributed by atoms with Gasteiger partial charge < -0.3 is 0 Å². The zero-order chi connectivity index (χ0) is 18.8. The smallest absolute Gasteiger partial charge is 0.0622 e. The first-order valence-corrected chi connectivity index (χ1v) is 9.65. The molecule has 0 radical (unpaired) electrons. The van der Waals surface area contributed by atoms with E-state index in [1.807, 2.05) is 0 Å². The SMILES string of the molecule is CC(C)c1cccc(C(C)C)c1-[n+]1cc(-c2ccccc2)[n+](C(C)C)[nH]1. The van der Waals surface area contributed by atoms with Crippen LogP contribution >= 0.6 is 0 Å². The van der Waals surface area contributed by atoms with Crippen LogP contribution in [0.25, 0.3) is 16.9 Å². The van der Waals surface area contributed by atoms with Crippen LogP contribution in [0.2, 0.25) is 0 Å². The van der Waals surface area contributed by atoms with Gasteiger partial charge in [0.2, 0.25) is 5.69 Å². The average molecular weight is 350 g/mol. The first kappa shape index (κ1) is 18.4. The van der Waals surface area contributed by atoms with Gasteiger partial charge in [0.15, 0.2) is 6.04 Å². The summed E-state index contributed by atoms with van der Waals surface area (Å²) in [6.45, 7) is 13.5. The van der Waals surface area contributed by atoms with Crippen molar-refractivity contribution in [2.24, 2.45) is 0 Å². The Balaban J connectivity index is 2.26. The minimum absolute atomic E-state index is 0.347. The number of aromatic amines is 1. The molecule has 3 rings (SSSR count). The lowest BCUT2D eigenvalue weighted by Crippen LogP contribution is -2.47. The van der Waals surface area contributed by atoms with Crippen LogP contribution in [0, 0.1) is 0 Å². The Morgan fingerprint density at radius 3 is 1.81 bits per heavy atom. The van der Waals surface area contributed by atoms with Crippen LogP contribution in [0.4, 0.5) is 0 Å². The summed E-state index contributed by atoms with van der Waals surface area (Å²) in [6, 6.07) is 17.6. The summed E-state index contributed by atoms with van der Waals surface area (Å²) in [7, 11) is 0. The summed E-state index contributed by atoms with van der Waals surface area (Å²) >= 11 is 0. The molecule has 0 aliphatic heterocycles. The van der Waals surface area contributed by atoms with E-state index in [1.165, 1.54) is 28.1 Å². The molecule has 3 aromatic rings. The highest BCUT2D eigenvalue weighted by atomic mass is 15.5. The van der Waals surface area contributed by atoms with Gasteiger partial charge in [0, 0.05) is 30.2 Å². The Hall–Kier alpha value is -2.42. The Morgan fingerprint density at radius 2 is 1.31 bits per heavy atom. The van der Waals surface area contributed by atoms with E-state index in [4.69, 9.17) is 0 Å². The number of para-hydroxylation sites is 1. The van der Waals surface area contributed by atoms with Crippen molar-refractivity contribution in [1.82, 2.24) is 5.21 Å². The summed E-state index contributed by atoms with van der Waals surface area (Å²) in [6.07, 6.45) is 2.24. The first-order chi connectivity index (χ1) is 12.4. The van der Waals surface area contributed by atoms with Crippen LogP contribution in [-0.2, 0) is 0 Å². The van der Waals surface area contributed by atoms with Gasteiger partial charge in [-0.1, -0.05) is 68.8 Å². The number of H-pyrrole nitrogens is 1. The Bertz CT molecular complexity index is 847. The third kappa shape index (κ3) is 3.44. The van der Waals surface area contributed by atoms with Gasteiger partial charge in [-0.15, -0.1) is 0 Å². The molecule has 3 heteroatoms. The summed E-state index contributed by atoms with van der Waals surface area (Å²) in [5, 5.41) is 3.62. The molecule has 1 aromatic heterocycles. The number of hydrogen-bond acceptors (Lipinski definition) is 0. The Labute approximate surface area is 157 Å². The highest BCUT2D eigenvalue weighted by Crippen LogP contribution is 2.28. The van der Waals surface area contributed by atoms with Crippen molar-refractivity contribution in [3.63, 3.8) is 0 Å². The lowest BCUT2D eigenvalue weighted by Gasteiger charge is -2.12. The summed E-state index contributed by atoms with van der Waals surface area (Å²) in [5.41, 5.74) is 6.46. The van der Waals surface area contributed by atoms with E-state index >= 15 is 0 Å². The lowest BCUT2D eigenvalue weighted by molar-refractivity contribution is -0.860. The van der Waals surface area contributed by atoms with E-state index in [-0.39, 0.29) is 0 Å². The first-order valence-electron chi connectivity index (χ1n) is 9.65. The molecule has 1 heterocycles. The van der Waals surface area contributed by atoms with Gasteiger partial charge in [0.05, 0.1) is 5.56 Å². The van der Waals surface area contributed by atoms with Crippen molar-refractivity contribution in [1.29, 1.82) is 0 Å². The number of benzene rings is 2. The van der Waals surface area contributed by atoms with Crippen molar-refractivity contribution in [2.45, 2.75) is 59.4 Å². The standard InChI is InChI=1S/C23H30N3/c1-16(2)20-13-10-14-21(17(3)4)23(20)25-15-22(26(24-25)18(5)6)19-11-8-7-9-12-19/h7-18H,1-6H3/q+1/p+1. The monoisotopic (exact) mass is 349 g/mol. The molecule has 0 atom stereocenters. The third-order valence-corrected chi connectivity index (χ3v) is 4.90. The van der Waals surface area contributed by atoms with Crippen LogP contribution in [0.3, 0.4) is 0 Å².